The zero-order valence-electron chi connectivity index (χ0n) is 15.7. The molecule has 1 N–H and O–H groups in total. The van der Waals surface area contributed by atoms with E-state index in [2.05, 4.69) is 16.4 Å². The molecule has 3 rings (SSSR count). The Morgan fingerprint density at radius 2 is 1.89 bits per heavy atom. The molecule has 1 heterocycles. The summed E-state index contributed by atoms with van der Waals surface area (Å²) in [4.78, 5) is 16.9. The van der Waals surface area contributed by atoms with Crippen LogP contribution in [0.2, 0.25) is 0 Å². The van der Waals surface area contributed by atoms with Crippen LogP contribution in [0.1, 0.15) is 22.5 Å². The SMILES string of the molecule is Cc1ccc(CNC(=O)Cn2c(CS(C)(=O)=O)nc3ccccc32)c(C)c1. The molecule has 0 aliphatic carbocycles. The van der Waals surface area contributed by atoms with Gasteiger partial charge in [0, 0.05) is 12.8 Å². The fourth-order valence-electron chi connectivity index (χ4n) is 3.08. The van der Waals surface area contributed by atoms with Crippen molar-refractivity contribution in [3.63, 3.8) is 0 Å². The number of sulfone groups is 1. The molecule has 0 fully saturated rings. The van der Waals surface area contributed by atoms with E-state index in [0.717, 1.165) is 22.9 Å². The summed E-state index contributed by atoms with van der Waals surface area (Å²) in [5, 5.41) is 2.92. The quantitative estimate of drug-likeness (QED) is 0.707. The molecule has 0 unspecified atom stereocenters. The number of aryl methyl sites for hydroxylation is 2. The lowest BCUT2D eigenvalue weighted by Gasteiger charge is -2.11. The van der Waals surface area contributed by atoms with Gasteiger partial charge < -0.3 is 9.88 Å². The molecule has 0 aliphatic heterocycles. The number of hydrogen-bond acceptors (Lipinski definition) is 4. The average molecular weight is 385 g/mol. The molecule has 0 atom stereocenters. The minimum atomic E-state index is -3.26. The van der Waals surface area contributed by atoms with Gasteiger partial charge in [-0.3, -0.25) is 4.79 Å². The summed E-state index contributed by atoms with van der Waals surface area (Å²) in [5.41, 5.74) is 4.79. The molecular weight excluding hydrogens is 362 g/mol. The Morgan fingerprint density at radius 3 is 2.59 bits per heavy atom. The van der Waals surface area contributed by atoms with Crippen LogP contribution in [-0.2, 0) is 33.5 Å². The van der Waals surface area contributed by atoms with Gasteiger partial charge in [0.2, 0.25) is 5.91 Å². The van der Waals surface area contributed by atoms with Crippen molar-refractivity contribution in [3.8, 4) is 0 Å². The maximum absolute atomic E-state index is 12.5. The molecule has 0 radical (unpaired) electrons. The molecule has 0 saturated carbocycles. The molecule has 27 heavy (non-hydrogen) atoms. The number of carbonyl (C=O) groups is 1. The summed E-state index contributed by atoms with van der Waals surface area (Å²) >= 11 is 0. The number of carbonyl (C=O) groups excluding carboxylic acids is 1. The predicted molar refractivity (Wildman–Crippen MR) is 106 cm³/mol. The molecule has 0 aliphatic rings. The third kappa shape index (κ3) is 4.74. The molecule has 0 spiro atoms. The van der Waals surface area contributed by atoms with Crippen LogP contribution in [0.4, 0.5) is 0 Å². The number of fused-ring (bicyclic) bond motifs is 1. The fraction of sp³-hybridized carbons (Fsp3) is 0.300. The predicted octanol–water partition coefficient (Wildman–Crippen LogP) is 2.51. The Morgan fingerprint density at radius 1 is 1.15 bits per heavy atom. The Hall–Kier alpha value is -2.67. The van der Waals surface area contributed by atoms with Crippen LogP contribution in [0.25, 0.3) is 11.0 Å². The molecule has 0 saturated heterocycles. The number of nitrogens with one attached hydrogen (secondary N) is 1. The molecule has 6 nitrogen and oxygen atoms in total. The van der Waals surface area contributed by atoms with E-state index in [1.165, 1.54) is 5.56 Å². The molecule has 3 aromatic rings. The van der Waals surface area contributed by atoms with Crippen molar-refractivity contribution in [1.82, 2.24) is 14.9 Å². The number of rotatable bonds is 6. The van der Waals surface area contributed by atoms with E-state index in [9.17, 15) is 13.2 Å². The summed E-state index contributed by atoms with van der Waals surface area (Å²) in [6.45, 7) is 4.50. The van der Waals surface area contributed by atoms with Crippen LogP contribution in [-0.4, -0.2) is 30.1 Å². The molecule has 7 heteroatoms. The molecule has 142 valence electrons. The summed E-state index contributed by atoms with van der Waals surface area (Å²) < 4.78 is 25.1. The first kappa shape index (κ1) is 19.1. The van der Waals surface area contributed by atoms with Crippen LogP contribution < -0.4 is 5.32 Å². The van der Waals surface area contributed by atoms with Crippen molar-refractivity contribution in [3.05, 3.63) is 65.0 Å². The average Bonchev–Trinajstić information content (AvgIpc) is 2.89. The minimum Gasteiger partial charge on any atom is -0.350 e. The smallest absolute Gasteiger partial charge is 0.240 e. The molecule has 1 aromatic heterocycles. The van der Waals surface area contributed by atoms with Crippen molar-refractivity contribution in [1.29, 1.82) is 0 Å². The lowest BCUT2D eigenvalue weighted by molar-refractivity contribution is -0.121. The van der Waals surface area contributed by atoms with Gasteiger partial charge in [-0.05, 0) is 37.1 Å². The van der Waals surface area contributed by atoms with Gasteiger partial charge >= 0.3 is 0 Å². The summed E-state index contributed by atoms with van der Waals surface area (Å²) in [5.74, 6) is -0.0142. The zero-order valence-corrected chi connectivity index (χ0v) is 16.5. The maximum atomic E-state index is 12.5. The van der Waals surface area contributed by atoms with Gasteiger partial charge in [-0.2, -0.15) is 0 Å². The Kier molecular flexibility index (Phi) is 5.32. The third-order valence-corrected chi connectivity index (χ3v) is 5.18. The standard InChI is InChI=1S/C20H23N3O3S/c1-14-8-9-16(15(2)10-14)11-21-20(24)12-23-18-7-5-4-6-17(18)22-19(23)13-27(3,25)26/h4-10H,11-13H2,1-3H3,(H,21,24). The van der Waals surface area contributed by atoms with Crippen molar-refractivity contribution >= 4 is 26.8 Å². The molecular formula is C20H23N3O3S. The van der Waals surface area contributed by atoms with E-state index in [0.29, 0.717) is 17.9 Å². The van der Waals surface area contributed by atoms with E-state index in [-0.39, 0.29) is 18.2 Å². The highest BCUT2D eigenvalue weighted by Crippen LogP contribution is 2.18. The van der Waals surface area contributed by atoms with E-state index >= 15 is 0 Å². The first-order chi connectivity index (χ1) is 12.7. The molecule has 2 aromatic carbocycles. The van der Waals surface area contributed by atoms with Crippen LogP contribution in [0.15, 0.2) is 42.5 Å². The van der Waals surface area contributed by atoms with Gasteiger partial charge in [0.1, 0.15) is 18.1 Å². The fourth-order valence-corrected chi connectivity index (χ4v) is 3.77. The normalized spacial score (nSPS) is 11.7. The zero-order chi connectivity index (χ0) is 19.6. The van der Waals surface area contributed by atoms with E-state index in [4.69, 9.17) is 0 Å². The highest BCUT2D eigenvalue weighted by molar-refractivity contribution is 7.89. The lowest BCUT2D eigenvalue weighted by Crippen LogP contribution is -2.28. The van der Waals surface area contributed by atoms with Crippen LogP contribution in [0, 0.1) is 13.8 Å². The van der Waals surface area contributed by atoms with Gasteiger partial charge in [-0.1, -0.05) is 35.9 Å². The van der Waals surface area contributed by atoms with Crippen LogP contribution in [0.3, 0.4) is 0 Å². The summed E-state index contributed by atoms with van der Waals surface area (Å²) in [6.07, 6.45) is 1.16. The number of nitrogens with zero attached hydrogens (tertiary/aromatic N) is 2. The van der Waals surface area contributed by atoms with E-state index < -0.39 is 9.84 Å². The van der Waals surface area contributed by atoms with E-state index in [1.807, 2.05) is 50.2 Å². The number of amides is 1. The lowest BCUT2D eigenvalue weighted by atomic mass is 10.1. The number of imidazole rings is 1. The molecule has 1 amide bonds. The minimum absolute atomic E-state index is 0.0241. The number of hydrogen-bond donors (Lipinski definition) is 1. The largest absolute Gasteiger partial charge is 0.350 e. The Balaban J connectivity index is 1.80. The second-order valence-electron chi connectivity index (χ2n) is 6.88. The van der Waals surface area contributed by atoms with Crippen molar-refractivity contribution in [2.75, 3.05) is 6.26 Å². The van der Waals surface area contributed by atoms with Crippen LogP contribution in [0.5, 0.6) is 0 Å². The van der Waals surface area contributed by atoms with Crippen molar-refractivity contribution < 1.29 is 13.2 Å². The van der Waals surface area contributed by atoms with Gasteiger partial charge in [-0.15, -0.1) is 0 Å². The number of aromatic nitrogens is 2. The Bertz CT molecular complexity index is 1100. The maximum Gasteiger partial charge on any atom is 0.240 e. The van der Waals surface area contributed by atoms with Crippen molar-refractivity contribution in [2.24, 2.45) is 0 Å². The van der Waals surface area contributed by atoms with Crippen molar-refractivity contribution in [2.45, 2.75) is 32.7 Å². The summed E-state index contributed by atoms with van der Waals surface area (Å²) in [6, 6.07) is 13.4. The Labute approximate surface area is 159 Å². The van der Waals surface area contributed by atoms with E-state index in [1.54, 1.807) is 4.57 Å². The van der Waals surface area contributed by atoms with Gasteiger partial charge in [0.05, 0.1) is 11.0 Å². The summed E-state index contributed by atoms with van der Waals surface area (Å²) in [7, 11) is -3.26. The second kappa shape index (κ2) is 7.52. The first-order valence-corrected chi connectivity index (χ1v) is 10.7. The monoisotopic (exact) mass is 385 g/mol. The van der Waals surface area contributed by atoms with Gasteiger partial charge in [-0.25, -0.2) is 13.4 Å². The topological polar surface area (TPSA) is 81.1 Å². The first-order valence-electron chi connectivity index (χ1n) is 8.67. The van der Waals surface area contributed by atoms with Crippen LogP contribution >= 0.6 is 0 Å². The number of benzene rings is 2. The third-order valence-electron chi connectivity index (χ3n) is 4.40. The highest BCUT2D eigenvalue weighted by Gasteiger charge is 2.17. The highest BCUT2D eigenvalue weighted by atomic mass is 32.2. The number of para-hydroxylation sites is 2. The second-order valence-corrected chi connectivity index (χ2v) is 9.02. The molecule has 0 bridgehead atoms. The van der Waals surface area contributed by atoms with Gasteiger partial charge in [0.15, 0.2) is 9.84 Å². The van der Waals surface area contributed by atoms with Gasteiger partial charge in [0.25, 0.3) is 0 Å².